The third-order valence-corrected chi connectivity index (χ3v) is 5.34. The van der Waals surface area contributed by atoms with E-state index in [1.807, 2.05) is 31.2 Å². The average Bonchev–Trinajstić information content (AvgIpc) is 2.76. The van der Waals surface area contributed by atoms with Crippen LogP contribution in [-0.4, -0.2) is 48.1 Å². The van der Waals surface area contributed by atoms with Crippen molar-refractivity contribution >= 4 is 23.5 Å². The highest BCUT2D eigenvalue weighted by Gasteiger charge is 2.36. The lowest BCUT2D eigenvalue weighted by Crippen LogP contribution is -2.56. The number of amides is 2. The van der Waals surface area contributed by atoms with Crippen molar-refractivity contribution in [3.8, 4) is 0 Å². The van der Waals surface area contributed by atoms with Crippen LogP contribution in [0.4, 0.5) is 0 Å². The van der Waals surface area contributed by atoms with Gasteiger partial charge in [0.1, 0.15) is 11.5 Å². The summed E-state index contributed by atoms with van der Waals surface area (Å²) in [6.07, 6.45) is 0. The smallest absolute Gasteiger partial charge is 0.287 e. The minimum absolute atomic E-state index is 0.0909. The molecular formula is C25H33N5O3. The molecule has 0 unspecified atom stereocenters. The van der Waals surface area contributed by atoms with Crippen LogP contribution in [0.2, 0.25) is 0 Å². The highest BCUT2D eigenvalue weighted by atomic mass is 16.5. The van der Waals surface area contributed by atoms with Crippen molar-refractivity contribution in [1.29, 1.82) is 0 Å². The second-order valence-electron chi connectivity index (χ2n) is 8.43. The third kappa shape index (κ3) is 6.19. The molecule has 0 aromatic heterocycles. The van der Waals surface area contributed by atoms with E-state index < -0.39 is 11.4 Å². The molecule has 176 valence electrons. The van der Waals surface area contributed by atoms with E-state index in [2.05, 4.69) is 33.8 Å². The molecule has 33 heavy (non-hydrogen) atoms. The molecule has 1 aliphatic rings. The normalized spacial score (nSPS) is 14.6. The Balaban J connectivity index is 2.24. The zero-order chi connectivity index (χ0) is 24.9. The van der Waals surface area contributed by atoms with Gasteiger partial charge in [0.2, 0.25) is 0 Å². The Morgan fingerprint density at radius 3 is 2.39 bits per heavy atom. The van der Waals surface area contributed by atoms with Crippen LogP contribution in [0.5, 0.6) is 0 Å². The fraction of sp³-hybridized carbons (Fsp3) is 0.360. The molecule has 8 heteroatoms. The Labute approximate surface area is 195 Å². The molecule has 0 radical (unpaired) electrons. The van der Waals surface area contributed by atoms with Gasteiger partial charge in [0.05, 0.1) is 5.54 Å². The van der Waals surface area contributed by atoms with Crippen molar-refractivity contribution in [2.45, 2.75) is 46.7 Å². The Morgan fingerprint density at radius 1 is 1.21 bits per heavy atom. The van der Waals surface area contributed by atoms with Gasteiger partial charge in [-0.25, -0.2) is 4.99 Å². The average molecular weight is 452 g/mol. The number of nitrogens with zero attached hydrogens (tertiary/aromatic N) is 3. The number of nitrogens with one attached hydrogen (secondary N) is 2. The van der Waals surface area contributed by atoms with Gasteiger partial charge in [0.15, 0.2) is 11.7 Å². The standard InChI is InChI=1S/C25H33N5O3/c1-15-10-12-20(13-11-15)14-27-23(32)21-16(2)17(3)30(9)24(28-21)25(6,7)29-22(31)18(4)33-19(5)26-8/h10-13H,3-4,14H2,1-2,5-9H3,(H,27,32)(H,29,31). The maximum absolute atomic E-state index is 13.0. The summed E-state index contributed by atoms with van der Waals surface area (Å²) in [5.74, 6) is -0.141. The first-order valence-electron chi connectivity index (χ1n) is 10.6. The minimum Gasteiger partial charge on any atom is -0.439 e. The molecule has 2 amide bonds. The summed E-state index contributed by atoms with van der Waals surface area (Å²) in [4.78, 5) is 35.9. The van der Waals surface area contributed by atoms with Gasteiger partial charge in [-0.05, 0) is 33.3 Å². The zero-order valence-corrected chi connectivity index (χ0v) is 20.5. The van der Waals surface area contributed by atoms with Crippen LogP contribution in [0, 0.1) is 6.92 Å². The van der Waals surface area contributed by atoms with E-state index in [4.69, 9.17) is 4.74 Å². The molecule has 0 bridgehead atoms. The number of carbonyl (C=O) groups excluding carboxylic acids is 2. The Morgan fingerprint density at radius 2 is 1.82 bits per heavy atom. The Kier molecular flexibility index (Phi) is 7.98. The van der Waals surface area contributed by atoms with Gasteiger partial charge in [0, 0.05) is 38.8 Å². The van der Waals surface area contributed by atoms with Crippen molar-refractivity contribution in [3.63, 3.8) is 0 Å². The highest BCUT2D eigenvalue weighted by molar-refractivity contribution is 6.05. The second-order valence-corrected chi connectivity index (χ2v) is 8.43. The van der Waals surface area contributed by atoms with Crippen molar-refractivity contribution < 1.29 is 14.3 Å². The summed E-state index contributed by atoms with van der Waals surface area (Å²) >= 11 is 0. The molecule has 0 saturated heterocycles. The molecule has 2 N–H and O–H groups in total. The predicted molar refractivity (Wildman–Crippen MR) is 132 cm³/mol. The van der Waals surface area contributed by atoms with E-state index in [9.17, 15) is 9.59 Å². The van der Waals surface area contributed by atoms with Crippen molar-refractivity contribution in [2.24, 2.45) is 9.98 Å². The van der Waals surface area contributed by atoms with E-state index in [0.29, 0.717) is 29.5 Å². The fourth-order valence-electron chi connectivity index (χ4n) is 3.21. The molecule has 1 aliphatic heterocycles. The number of rotatable bonds is 7. The van der Waals surface area contributed by atoms with Gasteiger partial charge in [-0.2, -0.15) is 0 Å². The van der Waals surface area contributed by atoms with E-state index in [-0.39, 0.29) is 17.4 Å². The largest absolute Gasteiger partial charge is 0.439 e. The molecular weight excluding hydrogens is 418 g/mol. The number of carbonyl (C=O) groups is 2. The highest BCUT2D eigenvalue weighted by Crippen LogP contribution is 2.27. The van der Waals surface area contributed by atoms with Gasteiger partial charge < -0.3 is 20.3 Å². The van der Waals surface area contributed by atoms with Crippen LogP contribution >= 0.6 is 0 Å². The number of aryl methyl sites for hydroxylation is 1. The summed E-state index contributed by atoms with van der Waals surface area (Å²) in [6.45, 7) is 17.1. The fourth-order valence-corrected chi connectivity index (χ4v) is 3.21. The number of likely N-dealkylation sites (N-methyl/N-ethyl adjacent to an activating group) is 1. The number of ether oxygens (including phenoxy) is 1. The molecule has 8 nitrogen and oxygen atoms in total. The van der Waals surface area contributed by atoms with Gasteiger partial charge in [0.25, 0.3) is 11.8 Å². The minimum atomic E-state index is -0.957. The third-order valence-electron chi connectivity index (χ3n) is 5.34. The summed E-state index contributed by atoms with van der Waals surface area (Å²) in [5.41, 5.74) is 2.71. The number of allylic oxidation sites excluding steroid dienone is 1. The first-order chi connectivity index (χ1) is 15.4. The molecule has 0 saturated carbocycles. The molecule has 1 aromatic rings. The molecule has 0 spiro atoms. The SMILES string of the molecule is C=C(OC(C)=NC)C(=O)NC(C)(C)C1=NC(C(=O)NCc2ccc(C)cc2)=C(C)C(=C)N1C. The maximum atomic E-state index is 13.0. The maximum Gasteiger partial charge on any atom is 0.287 e. The lowest BCUT2D eigenvalue weighted by Gasteiger charge is -2.38. The zero-order valence-electron chi connectivity index (χ0n) is 20.5. The lowest BCUT2D eigenvalue weighted by atomic mass is 9.98. The number of benzene rings is 1. The molecule has 1 aromatic carbocycles. The van der Waals surface area contributed by atoms with E-state index >= 15 is 0 Å². The number of hydrogen-bond acceptors (Lipinski definition) is 6. The van der Waals surface area contributed by atoms with Gasteiger partial charge >= 0.3 is 0 Å². The predicted octanol–water partition coefficient (Wildman–Crippen LogP) is 3.22. The summed E-state index contributed by atoms with van der Waals surface area (Å²) < 4.78 is 5.30. The summed E-state index contributed by atoms with van der Waals surface area (Å²) in [6, 6.07) is 7.93. The topological polar surface area (TPSA) is 95.4 Å². The van der Waals surface area contributed by atoms with Crippen LogP contribution in [0.15, 0.2) is 70.1 Å². The number of aliphatic imine (C=N–C) groups is 2. The Bertz CT molecular complexity index is 1060. The second kappa shape index (κ2) is 10.3. The van der Waals surface area contributed by atoms with Crippen LogP contribution in [0.3, 0.4) is 0 Å². The molecule has 0 atom stereocenters. The van der Waals surface area contributed by atoms with Crippen LogP contribution in [0.25, 0.3) is 0 Å². The van der Waals surface area contributed by atoms with Gasteiger partial charge in [-0.15, -0.1) is 0 Å². The molecule has 2 rings (SSSR count). The van der Waals surface area contributed by atoms with Gasteiger partial charge in [-0.1, -0.05) is 43.0 Å². The lowest BCUT2D eigenvalue weighted by molar-refractivity contribution is -0.120. The van der Waals surface area contributed by atoms with Crippen molar-refractivity contribution in [2.75, 3.05) is 14.1 Å². The Hall–Kier alpha value is -3.68. The first kappa shape index (κ1) is 25.6. The first-order valence-corrected chi connectivity index (χ1v) is 10.6. The summed E-state index contributed by atoms with van der Waals surface area (Å²) in [5, 5.41) is 5.77. The van der Waals surface area contributed by atoms with E-state index in [1.165, 1.54) is 0 Å². The summed E-state index contributed by atoms with van der Waals surface area (Å²) in [7, 11) is 3.35. The molecule has 0 aliphatic carbocycles. The van der Waals surface area contributed by atoms with E-state index in [0.717, 1.165) is 11.1 Å². The van der Waals surface area contributed by atoms with Crippen LogP contribution in [0.1, 0.15) is 38.8 Å². The quantitative estimate of drug-likeness (QED) is 0.288. The van der Waals surface area contributed by atoms with Crippen molar-refractivity contribution in [1.82, 2.24) is 15.5 Å². The van der Waals surface area contributed by atoms with E-state index in [1.54, 1.807) is 46.7 Å². The number of amidine groups is 1. The van der Waals surface area contributed by atoms with Crippen LogP contribution < -0.4 is 10.6 Å². The van der Waals surface area contributed by atoms with Crippen LogP contribution in [-0.2, 0) is 20.9 Å². The molecule has 1 heterocycles. The van der Waals surface area contributed by atoms with Gasteiger partial charge in [-0.3, -0.25) is 14.6 Å². The number of hydrogen-bond donors (Lipinski definition) is 2. The van der Waals surface area contributed by atoms with Crippen molar-refractivity contribution in [3.05, 3.63) is 71.3 Å². The molecule has 0 fully saturated rings. The monoisotopic (exact) mass is 451 g/mol.